The molecule has 0 saturated heterocycles. The summed E-state index contributed by atoms with van der Waals surface area (Å²) in [6, 6.07) is 3.20. The molecule has 1 N–H and O–H groups in total. The first-order chi connectivity index (χ1) is 10.8. The second-order valence-corrected chi connectivity index (χ2v) is 6.84. The first kappa shape index (κ1) is 17.4. The molecule has 0 aromatic heterocycles. The summed E-state index contributed by atoms with van der Waals surface area (Å²) < 4.78 is 13.2. The molecule has 0 aliphatic heterocycles. The fourth-order valence-corrected chi connectivity index (χ4v) is 3.49. The number of nitro groups is 1. The Morgan fingerprint density at radius 1 is 1.39 bits per heavy atom. The van der Waals surface area contributed by atoms with Crippen molar-refractivity contribution < 1.29 is 14.1 Å². The van der Waals surface area contributed by atoms with E-state index >= 15 is 0 Å². The summed E-state index contributed by atoms with van der Waals surface area (Å²) in [4.78, 5) is 23.0. The number of halogens is 1. The van der Waals surface area contributed by atoms with E-state index in [-0.39, 0.29) is 23.4 Å². The maximum absolute atomic E-state index is 13.2. The zero-order valence-corrected chi connectivity index (χ0v) is 13.7. The molecule has 0 spiro atoms. The number of carbonyl (C=O) groups is 1. The van der Waals surface area contributed by atoms with E-state index in [2.05, 4.69) is 26.1 Å². The van der Waals surface area contributed by atoms with Gasteiger partial charge < -0.3 is 5.32 Å². The second kappa shape index (κ2) is 7.06. The minimum Gasteiger partial charge on any atom is -0.320 e. The van der Waals surface area contributed by atoms with Crippen molar-refractivity contribution in [2.75, 3.05) is 5.32 Å². The molecule has 1 saturated carbocycles. The van der Waals surface area contributed by atoms with Gasteiger partial charge in [-0.1, -0.05) is 27.2 Å². The molecule has 1 amide bonds. The highest BCUT2D eigenvalue weighted by Crippen LogP contribution is 2.39. The Balaban J connectivity index is 2.22. The molecule has 0 bridgehead atoms. The number of nitrogens with one attached hydrogen (secondary N) is 1. The van der Waals surface area contributed by atoms with Crippen LogP contribution >= 0.6 is 0 Å². The van der Waals surface area contributed by atoms with Crippen LogP contribution in [-0.4, -0.2) is 10.8 Å². The van der Waals surface area contributed by atoms with Crippen LogP contribution in [0.15, 0.2) is 18.2 Å². The molecule has 6 heteroatoms. The summed E-state index contributed by atoms with van der Waals surface area (Å²) in [5, 5.41) is 13.7. The molecule has 1 aromatic carbocycles. The van der Waals surface area contributed by atoms with Gasteiger partial charge in [-0.2, -0.15) is 0 Å². The van der Waals surface area contributed by atoms with E-state index in [1.54, 1.807) is 0 Å². The van der Waals surface area contributed by atoms with Crippen LogP contribution in [0.5, 0.6) is 0 Å². The molecule has 5 nitrogen and oxygen atoms in total. The average molecular weight is 322 g/mol. The van der Waals surface area contributed by atoms with E-state index in [4.69, 9.17) is 0 Å². The quantitative estimate of drug-likeness (QED) is 0.660. The number of carbonyl (C=O) groups excluding carboxylic acids is 1. The Morgan fingerprint density at radius 3 is 2.70 bits per heavy atom. The van der Waals surface area contributed by atoms with Crippen molar-refractivity contribution >= 4 is 17.3 Å². The topological polar surface area (TPSA) is 72.2 Å². The highest BCUT2D eigenvalue weighted by molar-refractivity contribution is 5.94. The van der Waals surface area contributed by atoms with Crippen LogP contribution in [0.25, 0.3) is 0 Å². The Kier molecular flexibility index (Phi) is 5.34. The molecule has 0 radical (unpaired) electrons. The van der Waals surface area contributed by atoms with E-state index in [1.165, 1.54) is 6.07 Å². The number of amides is 1. The van der Waals surface area contributed by atoms with E-state index in [0.29, 0.717) is 11.8 Å². The van der Waals surface area contributed by atoms with Gasteiger partial charge in [0.25, 0.3) is 5.69 Å². The molecular weight excluding hydrogens is 299 g/mol. The maximum atomic E-state index is 13.2. The summed E-state index contributed by atoms with van der Waals surface area (Å²) >= 11 is 0. The molecule has 2 rings (SSSR count). The molecule has 1 aromatic rings. The van der Waals surface area contributed by atoms with Crippen LogP contribution in [0, 0.1) is 39.6 Å². The van der Waals surface area contributed by atoms with Gasteiger partial charge in [0.2, 0.25) is 5.91 Å². The number of rotatable bonds is 4. The lowest BCUT2D eigenvalue weighted by atomic mass is 9.70. The Bertz CT molecular complexity index is 604. The Labute approximate surface area is 135 Å². The minimum atomic E-state index is -0.693. The van der Waals surface area contributed by atoms with Gasteiger partial charge in [0.05, 0.1) is 11.0 Å². The van der Waals surface area contributed by atoms with Gasteiger partial charge in [-0.25, -0.2) is 4.39 Å². The summed E-state index contributed by atoms with van der Waals surface area (Å²) in [6.07, 6.45) is 2.87. The molecule has 126 valence electrons. The minimum absolute atomic E-state index is 0.0575. The maximum Gasteiger partial charge on any atom is 0.295 e. The predicted octanol–water partition coefficient (Wildman–Crippen LogP) is 4.38. The molecule has 0 heterocycles. The number of hydrogen-bond acceptors (Lipinski definition) is 3. The predicted molar refractivity (Wildman–Crippen MR) is 86.5 cm³/mol. The zero-order valence-electron chi connectivity index (χ0n) is 13.7. The number of anilines is 1. The van der Waals surface area contributed by atoms with Gasteiger partial charge in [-0.15, -0.1) is 0 Å². The number of nitrogens with zero attached hydrogens (tertiary/aromatic N) is 1. The van der Waals surface area contributed by atoms with Crippen molar-refractivity contribution in [1.29, 1.82) is 0 Å². The van der Waals surface area contributed by atoms with Crippen LogP contribution in [0.3, 0.4) is 0 Å². The van der Waals surface area contributed by atoms with Crippen molar-refractivity contribution in [2.45, 2.75) is 40.0 Å². The van der Waals surface area contributed by atoms with E-state index in [0.717, 1.165) is 31.4 Å². The highest BCUT2D eigenvalue weighted by Gasteiger charge is 2.36. The largest absolute Gasteiger partial charge is 0.320 e. The van der Waals surface area contributed by atoms with Crippen molar-refractivity contribution in [1.82, 2.24) is 0 Å². The van der Waals surface area contributed by atoms with Crippen molar-refractivity contribution in [3.63, 3.8) is 0 Å². The lowest BCUT2D eigenvalue weighted by Crippen LogP contribution is -2.36. The molecular formula is C17H23FN2O3. The van der Waals surface area contributed by atoms with Gasteiger partial charge in [0, 0.05) is 5.92 Å². The van der Waals surface area contributed by atoms with Crippen molar-refractivity contribution in [3.05, 3.63) is 34.1 Å². The Morgan fingerprint density at radius 2 is 2.09 bits per heavy atom. The zero-order chi connectivity index (χ0) is 17.1. The van der Waals surface area contributed by atoms with Gasteiger partial charge >= 0.3 is 0 Å². The van der Waals surface area contributed by atoms with Crippen LogP contribution in [0.1, 0.15) is 40.0 Å². The average Bonchev–Trinajstić information content (AvgIpc) is 2.48. The third-order valence-electron chi connectivity index (χ3n) is 4.77. The number of nitro benzene ring substituents is 1. The monoisotopic (exact) mass is 322 g/mol. The third-order valence-corrected chi connectivity index (χ3v) is 4.77. The molecule has 1 aliphatic carbocycles. The van der Waals surface area contributed by atoms with E-state index in [1.807, 2.05) is 0 Å². The lowest BCUT2D eigenvalue weighted by Gasteiger charge is -2.36. The number of hydrogen-bond donors (Lipinski definition) is 1. The summed E-state index contributed by atoms with van der Waals surface area (Å²) in [7, 11) is 0. The normalized spacial score (nSPS) is 24.5. The lowest BCUT2D eigenvalue weighted by molar-refractivity contribution is -0.384. The van der Waals surface area contributed by atoms with Gasteiger partial charge in [-0.3, -0.25) is 14.9 Å². The second-order valence-electron chi connectivity index (χ2n) is 6.84. The van der Waals surface area contributed by atoms with E-state index in [9.17, 15) is 19.3 Å². The fraction of sp³-hybridized carbons (Fsp3) is 0.588. The fourth-order valence-electron chi connectivity index (χ4n) is 3.49. The van der Waals surface area contributed by atoms with Crippen LogP contribution < -0.4 is 5.32 Å². The Hall–Kier alpha value is -1.98. The van der Waals surface area contributed by atoms with Crippen LogP contribution in [-0.2, 0) is 4.79 Å². The van der Waals surface area contributed by atoms with Crippen LogP contribution in [0.4, 0.5) is 15.8 Å². The molecule has 1 aliphatic rings. The molecule has 0 unspecified atom stereocenters. The SMILES string of the molecule is CC(C)[C@@H]1CC[C@@H](C)C[C@H]1C(=O)Nc1ccc(F)cc1[N+](=O)[O-]. The van der Waals surface area contributed by atoms with Crippen molar-refractivity contribution in [3.8, 4) is 0 Å². The first-order valence-corrected chi connectivity index (χ1v) is 8.04. The van der Waals surface area contributed by atoms with Crippen LogP contribution in [0.2, 0.25) is 0 Å². The smallest absolute Gasteiger partial charge is 0.295 e. The van der Waals surface area contributed by atoms with Crippen molar-refractivity contribution in [2.24, 2.45) is 23.7 Å². The van der Waals surface area contributed by atoms with E-state index < -0.39 is 16.4 Å². The molecule has 1 fully saturated rings. The number of benzene rings is 1. The third kappa shape index (κ3) is 4.06. The summed E-state index contributed by atoms with van der Waals surface area (Å²) in [6.45, 7) is 6.32. The highest BCUT2D eigenvalue weighted by atomic mass is 19.1. The standard InChI is InChI=1S/C17H23FN2O3/c1-10(2)13-6-4-11(3)8-14(13)17(21)19-15-7-5-12(18)9-16(15)20(22)23/h5,7,9-11,13-14H,4,6,8H2,1-3H3,(H,19,21)/t11-,13+,14-/m1/s1. The van der Waals surface area contributed by atoms with Gasteiger partial charge in [0.15, 0.2) is 0 Å². The first-order valence-electron chi connectivity index (χ1n) is 8.04. The molecule has 23 heavy (non-hydrogen) atoms. The summed E-state index contributed by atoms with van der Waals surface area (Å²) in [5.41, 5.74) is -0.356. The summed E-state index contributed by atoms with van der Waals surface area (Å²) in [5.74, 6) is 0.0468. The molecule has 3 atom stereocenters. The van der Waals surface area contributed by atoms with Gasteiger partial charge in [-0.05, 0) is 42.7 Å². The van der Waals surface area contributed by atoms with Gasteiger partial charge in [0.1, 0.15) is 11.5 Å².